The maximum absolute atomic E-state index is 12.9. The molecule has 0 saturated heterocycles. The van der Waals surface area contributed by atoms with Crippen LogP contribution in [0, 0.1) is 0 Å². The first-order valence-electron chi connectivity index (χ1n) is 9.90. The van der Waals surface area contributed by atoms with Crippen LogP contribution in [0.15, 0.2) is 60.1 Å². The second kappa shape index (κ2) is 8.66. The van der Waals surface area contributed by atoms with Crippen LogP contribution in [0.2, 0.25) is 0 Å². The largest absolute Gasteiger partial charge is 0.485 e. The summed E-state index contributed by atoms with van der Waals surface area (Å²) in [5.41, 5.74) is 1.18. The average molecular weight is 459 g/mol. The molecule has 0 spiro atoms. The van der Waals surface area contributed by atoms with Crippen molar-refractivity contribution in [3.05, 3.63) is 81.8 Å². The van der Waals surface area contributed by atoms with Crippen LogP contribution in [0.3, 0.4) is 0 Å². The Morgan fingerprint density at radius 3 is 2.53 bits per heavy atom. The minimum Gasteiger partial charge on any atom is -0.485 e. The molecule has 4 rings (SSSR count). The van der Waals surface area contributed by atoms with Crippen LogP contribution in [-0.4, -0.2) is 22.3 Å². The second-order valence-corrected chi connectivity index (χ2v) is 8.07. The zero-order valence-electron chi connectivity index (χ0n) is 17.4. The number of benzene rings is 1. The van der Waals surface area contributed by atoms with Crippen molar-refractivity contribution in [2.24, 2.45) is 0 Å². The predicted molar refractivity (Wildman–Crippen MR) is 117 cm³/mol. The second-order valence-electron chi connectivity index (χ2n) is 7.13. The van der Waals surface area contributed by atoms with E-state index in [9.17, 15) is 18.0 Å². The van der Waals surface area contributed by atoms with E-state index >= 15 is 0 Å². The van der Waals surface area contributed by atoms with Gasteiger partial charge in [0.1, 0.15) is 12.4 Å². The lowest BCUT2D eigenvalue weighted by molar-refractivity contribution is -0.137. The maximum Gasteiger partial charge on any atom is 0.416 e. The molecule has 9 heteroatoms. The average Bonchev–Trinajstić information content (AvgIpc) is 3.44. The first kappa shape index (κ1) is 21.9. The summed E-state index contributed by atoms with van der Waals surface area (Å²) < 4.78 is 46.0. The summed E-state index contributed by atoms with van der Waals surface area (Å²) in [4.78, 5) is 19.8. The number of halogens is 3. The Morgan fingerprint density at radius 2 is 1.91 bits per heavy atom. The van der Waals surface area contributed by atoms with E-state index in [2.05, 4.69) is 4.98 Å². The number of aromatic nitrogens is 2. The number of ether oxygens (including phenoxy) is 1. The molecule has 4 aromatic rings. The highest BCUT2D eigenvalue weighted by atomic mass is 32.1. The third-order valence-electron chi connectivity index (χ3n) is 5.02. The SMILES string of the molecule is CCc1nc2c(OCc3ccc(C(F)(F)F)cc3)cccn2c1N(C)C(=O)c1cccs1. The molecule has 3 aromatic heterocycles. The highest BCUT2D eigenvalue weighted by molar-refractivity contribution is 7.12. The normalized spacial score (nSPS) is 11.7. The van der Waals surface area contributed by atoms with E-state index in [-0.39, 0.29) is 12.5 Å². The maximum atomic E-state index is 12.9. The number of alkyl halides is 3. The van der Waals surface area contributed by atoms with Gasteiger partial charge in [-0.1, -0.05) is 25.1 Å². The summed E-state index contributed by atoms with van der Waals surface area (Å²) in [7, 11) is 1.71. The fraction of sp³-hybridized carbons (Fsp3) is 0.217. The Balaban J connectivity index is 1.62. The number of anilines is 1. The number of imidazole rings is 1. The van der Waals surface area contributed by atoms with Gasteiger partial charge in [0.2, 0.25) is 0 Å². The highest BCUT2D eigenvalue weighted by Gasteiger charge is 2.30. The summed E-state index contributed by atoms with van der Waals surface area (Å²) in [6, 6.07) is 12.0. The monoisotopic (exact) mass is 459 g/mol. The predicted octanol–water partition coefficient (Wildman–Crippen LogP) is 5.83. The number of hydrogen-bond donors (Lipinski definition) is 0. The van der Waals surface area contributed by atoms with Crippen molar-refractivity contribution in [1.82, 2.24) is 9.38 Å². The Morgan fingerprint density at radius 1 is 1.16 bits per heavy atom. The minimum absolute atomic E-state index is 0.0887. The number of rotatable bonds is 6. The number of thiophene rings is 1. The molecule has 0 bridgehead atoms. The van der Waals surface area contributed by atoms with Crippen molar-refractivity contribution < 1.29 is 22.7 Å². The molecule has 0 saturated carbocycles. The Bertz CT molecular complexity index is 1230. The van der Waals surface area contributed by atoms with Gasteiger partial charge in [0.25, 0.3) is 5.91 Å². The molecule has 3 heterocycles. The molecule has 166 valence electrons. The molecule has 0 fully saturated rings. The van der Waals surface area contributed by atoms with Gasteiger partial charge in [-0.05, 0) is 47.7 Å². The van der Waals surface area contributed by atoms with E-state index in [1.165, 1.54) is 23.5 Å². The van der Waals surface area contributed by atoms with E-state index in [0.29, 0.717) is 34.1 Å². The van der Waals surface area contributed by atoms with E-state index in [1.807, 2.05) is 18.4 Å². The van der Waals surface area contributed by atoms with Gasteiger partial charge < -0.3 is 4.74 Å². The number of pyridine rings is 1. The van der Waals surface area contributed by atoms with Gasteiger partial charge in [-0.2, -0.15) is 13.2 Å². The highest BCUT2D eigenvalue weighted by Crippen LogP contribution is 2.31. The van der Waals surface area contributed by atoms with Gasteiger partial charge in [-0.15, -0.1) is 11.3 Å². The van der Waals surface area contributed by atoms with Crippen LogP contribution in [0.4, 0.5) is 19.0 Å². The lowest BCUT2D eigenvalue weighted by Gasteiger charge is -2.17. The van der Waals surface area contributed by atoms with Crippen molar-refractivity contribution in [2.45, 2.75) is 26.1 Å². The van der Waals surface area contributed by atoms with Crippen molar-refractivity contribution in [1.29, 1.82) is 0 Å². The molecule has 0 atom stereocenters. The lowest BCUT2D eigenvalue weighted by atomic mass is 10.1. The zero-order valence-corrected chi connectivity index (χ0v) is 18.2. The summed E-state index contributed by atoms with van der Waals surface area (Å²) >= 11 is 1.37. The van der Waals surface area contributed by atoms with Crippen LogP contribution < -0.4 is 9.64 Å². The van der Waals surface area contributed by atoms with Gasteiger partial charge in [-0.25, -0.2) is 4.98 Å². The number of hydrogen-bond acceptors (Lipinski definition) is 4. The third kappa shape index (κ3) is 4.20. The van der Waals surface area contributed by atoms with E-state index in [4.69, 9.17) is 4.74 Å². The molecular weight excluding hydrogens is 439 g/mol. The Labute approximate surface area is 186 Å². The van der Waals surface area contributed by atoms with Crippen molar-refractivity contribution in [3.8, 4) is 5.75 Å². The standard InChI is InChI=1S/C23H20F3N3O2S/c1-3-17-21(28(2)22(30)19-7-5-13-32-19)29-12-4-6-18(20(29)27-17)31-14-15-8-10-16(11-9-15)23(24,25)26/h4-13H,3,14H2,1-2H3. The molecule has 0 radical (unpaired) electrons. The topological polar surface area (TPSA) is 46.8 Å². The summed E-state index contributed by atoms with van der Waals surface area (Å²) in [6.07, 6.45) is -1.96. The lowest BCUT2D eigenvalue weighted by Crippen LogP contribution is -2.27. The van der Waals surface area contributed by atoms with E-state index in [1.54, 1.807) is 40.7 Å². The van der Waals surface area contributed by atoms with Crippen molar-refractivity contribution in [2.75, 3.05) is 11.9 Å². The van der Waals surface area contributed by atoms with E-state index in [0.717, 1.165) is 17.8 Å². The molecule has 0 aliphatic rings. The summed E-state index contributed by atoms with van der Waals surface area (Å²) in [5, 5.41) is 1.85. The number of aryl methyl sites for hydroxylation is 1. The molecule has 1 amide bonds. The summed E-state index contributed by atoms with van der Waals surface area (Å²) in [5.74, 6) is 0.999. The number of carbonyl (C=O) groups excluding carboxylic acids is 1. The van der Waals surface area contributed by atoms with Gasteiger partial charge in [0.15, 0.2) is 11.4 Å². The molecule has 5 nitrogen and oxygen atoms in total. The molecule has 0 unspecified atom stereocenters. The number of amides is 1. The third-order valence-corrected chi connectivity index (χ3v) is 5.88. The van der Waals surface area contributed by atoms with Gasteiger partial charge in [0, 0.05) is 13.2 Å². The van der Waals surface area contributed by atoms with Crippen LogP contribution >= 0.6 is 11.3 Å². The van der Waals surface area contributed by atoms with Gasteiger partial charge in [0.05, 0.1) is 16.1 Å². The zero-order chi connectivity index (χ0) is 22.9. The molecule has 0 N–H and O–H groups in total. The Kier molecular flexibility index (Phi) is 5.92. The summed E-state index contributed by atoms with van der Waals surface area (Å²) in [6.45, 7) is 2.04. The number of nitrogens with zero attached hydrogens (tertiary/aromatic N) is 3. The number of fused-ring (bicyclic) bond motifs is 1. The Hall–Kier alpha value is -3.33. The first-order chi connectivity index (χ1) is 15.3. The molecule has 0 aliphatic carbocycles. The minimum atomic E-state index is -4.37. The quantitative estimate of drug-likeness (QED) is 0.364. The number of carbonyl (C=O) groups is 1. The molecule has 1 aromatic carbocycles. The van der Waals surface area contributed by atoms with Gasteiger partial charge in [-0.3, -0.25) is 14.1 Å². The van der Waals surface area contributed by atoms with Crippen LogP contribution in [0.25, 0.3) is 5.65 Å². The smallest absolute Gasteiger partial charge is 0.416 e. The van der Waals surface area contributed by atoms with E-state index < -0.39 is 11.7 Å². The molecule has 32 heavy (non-hydrogen) atoms. The molecule has 0 aliphatic heterocycles. The van der Waals surface area contributed by atoms with Crippen LogP contribution in [0.5, 0.6) is 5.75 Å². The molecular formula is C23H20F3N3O2S. The van der Waals surface area contributed by atoms with Crippen LogP contribution in [0.1, 0.15) is 33.4 Å². The van der Waals surface area contributed by atoms with Crippen LogP contribution in [-0.2, 0) is 19.2 Å². The first-order valence-corrected chi connectivity index (χ1v) is 10.8. The fourth-order valence-corrected chi connectivity index (χ4v) is 4.09. The van der Waals surface area contributed by atoms with Crippen molar-refractivity contribution >= 4 is 28.7 Å². The fourth-order valence-electron chi connectivity index (χ4n) is 3.39. The van der Waals surface area contributed by atoms with Gasteiger partial charge >= 0.3 is 6.18 Å². The van der Waals surface area contributed by atoms with Crippen molar-refractivity contribution in [3.63, 3.8) is 0 Å².